The van der Waals surface area contributed by atoms with Crippen LogP contribution in [0, 0.1) is 5.92 Å². The standard InChI is InChI=1S/C10H18N2/c1-2-3-5-12-6-4-9-7-11-8-10(9)12/h2,9-11H,1,3-8H2/t9-,10+/m1/s1. The van der Waals surface area contributed by atoms with Gasteiger partial charge in [-0.25, -0.2) is 0 Å². The van der Waals surface area contributed by atoms with E-state index in [-0.39, 0.29) is 0 Å². The van der Waals surface area contributed by atoms with E-state index >= 15 is 0 Å². The molecule has 0 bridgehead atoms. The summed E-state index contributed by atoms with van der Waals surface area (Å²) in [6.45, 7) is 8.75. The second-order valence-electron chi connectivity index (χ2n) is 3.89. The molecule has 0 aromatic carbocycles. The molecule has 0 aliphatic carbocycles. The van der Waals surface area contributed by atoms with Gasteiger partial charge in [-0.05, 0) is 31.8 Å². The van der Waals surface area contributed by atoms with Gasteiger partial charge in [-0.2, -0.15) is 0 Å². The van der Waals surface area contributed by atoms with E-state index in [4.69, 9.17) is 0 Å². The minimum atomic E-state index is 0.838. The molecule has 2 heteroatoms. The Morgan fingerprint density at radius 1 is 1.50 bits per heavy atom. The molecule has 68 valence electrons. The Labute approximate surface area is 74.6 Å². The highest BCUT2D eigenvalue weighted by Crippen LogP contribution is 2.26. The highest BCUT2D eigenvalue weighted by Gasteiger charge is 2.36. The van der Waals surface area contributed by atoms with E-state index in [0.29, 0.717) is 0 Å². The van der Waals surface area contributed by atoms with Crippen LogP contribution in [0.2, 0.25) is 0 Å². The van der Waals surface area contributed by atoms with Crippen LogP contribution in [0.15, 0.2) is 12.7 Å². The van der Waals surface area contributed by atoms with Gasteiger partial charge in [0.1, 0.15) is 0 Å². The average Bonchev–Trinajstić information content (AvgIpc) is 2.62. The van der Waals surface area contributed by atoms with Gasteiger partial charge >= 0.3 is 0 Å². The molecule has 0 saturated carbocycles. The van der Waals surface area contributed by atoms with Crippen molar-refractivity contribution >= 4 is 0 Å². The fraction of sp³-hybridized carbons (Fsp3) is 0.800. The van der Waals surface area contributed by atoms with E-state index in [9.17, 15) is 0 Å². The molecule has 2 saturated heterocycles. The fourth-order valence-electron chi connectivity index (χ4n) is 2.47. The van der Waals surface area contributed by atoms with Crippen LogP contribution in [0.4, 0.5) is 0 Å². The molecule has 1 N–H and O–H groups in total. The van der Waals surface area contributed by atoms with Gasteiger partial charge in [0.15, 0.2) is 0 Å². The molecule has 2 aliphatic heterocycles. The Hall–Kier alpha value is -0.340. The summed E-state index contributed by atoms with van der Waals surface area (Å²) in [4.78, 5) is 2.62. The third kappa shape index (κ3) is 1.41. The summed E-state index contributed by atoms with van der Waals surface area (Å²) in [5.41, 5.74) is 0. The molecular formula is C10H18N2. The maximum Gasteiger partial charge on any atom is 0.0261 e. The molecule has 0 spiro atoms. The summed E-state index contributed by atoms with van der Waals surface area (Å²) in [6, 6.07) is 0.838. The van der Waals surface area contributed by atoms with E-state index < -0.39 is 0 Å². The van der Waals surface area contributed by atoms with Crippen molar-refractivity contribution in [2.75, 3.05) is 26.2 Å². The molecule has 0 radical (unpaired) electrons. The van der Waals surface area contributed by atoms with Crippen molar-refractivity contribution in [2.24, 2.45) is 5.92 Å². The van der Waals surface area contributed by atoms with Crippen molar-refractivity contribution in [3.63, 3.8) is 0 Å². The Morgan fingerprint density at radius 2 is 2.42 bits per heavy atom. The summed E-state index contributed by atoms with van der Waals surface area (Å²) >= 11 is 0. The van der Waals surface area contributed by atoms with E-state index in [1.165, 1.54) is 32.6 Å². The van der Waals surface area contributed by atoms with Crippen molar-refractivity contribution in [3.05, 3.63) is 12.7 Å². The number of hydrogen-bond donors (Lipinski definition) is 1. The maximum atomic E-state index is 3.76. The van der Waals surface area contributed by atoms with Crippen molar-refractivity contribution < 1.29 is 0 Å². The monoisotopic (exact) mass is 166 g/mol. The Kier molecular flexibility index (Phi) is 2.47. The third-order valence-electron chi connectivity index (χ3n) is 3.18. The van der Waals surface area contributed by atoms with Gasteiger partial charge in [-0.1, -0.05) is 6.08 Å². The number of hydrogen-bond acceptors (Lipinski definition) is 2. The summed E-state index contributed by atoms with van der Waals surface area (Å²) in [6.07, 6.45) is 4.56. The molecule has 2 atom stereocenters. The van der Waals surface area contributed by atoms with E-state index in [2.05, 4.69) is 16.8 Å². The quantitative estimate of drug-likeness (QED) is 0.625. The lowest BCUT2D eigenvalue weighted by Gasteiger charge is -2.21. The minimum Gasteiger partial charge on any atom is -0.315 e. The molecule has 12 heavy (non-hydrogen) atoms. The van der Waals surface area contributed by atoms with Crippen LogP contribution in [-0.2, 0) is 0 Å². The summed E-state index contributed by atoms with van der Waals surface area (Å²) in [7, 11) is 0. The van der Waals surface area contributed by atoms with Gasteiger partial charge < -0.3 is 5.32 Å². The van der Waals surface area contributed by atoms with Crippen LogP contribution in [0.1, 0.15) is 12.8 Å². The fourth-order valence-corrected chi connectivity index (χ4v) is 2.47. The van der Waals surface area contributed by atoms with Gasteiger partial charge in [0, 0.05) is 19.1 Å². The molecule has 2 rings (SSSR count). The van der Waals surface area contributed by atoms with Gasteiger partial charge in [-0.3, -0.25) is 4.90 Å². The number of nitrogens with zero attached hydrogens (tertiary/aromatic N) is 1. The summed E-state index contributed by atoms with van der Waals surface area (Å²) in [5, 5.41) is 3.46. The zero-order valence-electron chi connectivity index (χ0n) is 7.63. The molecule has 2 fully saturated rings. The van der Waals surface area contributed by atoms with Gasteiger partial charge in [0.05, 0.1) is 0 Å². The molecule has 0 unspecified atom stereocenters. The molecule has 2 nitrogen and oxygen atoms in total. The van der Waals surface area contributed by atoms with Crippen LogP contribution >= 0.6 is 0 Å². The molecule has 0 aromatic heterocycles. The van der Waals surface area contributed by atoms with E-state index in [0.717, 1.165) is 18.4 Å². The van der Waals surface area contributed by atoms with Gasteiger partial charge in [-0.15, -0.1) is 6.58 Å². The summed E-state index contributed by atoms with van der Waals surface area (Å²) in [5.74, 6) is 0.940. The number of likely N-dealkylation sites (tertiary alicyclic amines) is 1. The van der Waals surface area contributed by atoms with Crippen LogP contribution in [0.3, 0.4) is 0 Å². The lowest BCUT2D eigenvalue weighted by atomic mass is 10.1. The van der Waals surface area contributed by atoms with E-state index in [1.54, 1.807) is 0 Å². The van der Waals surface area contributed by atoms with Crippen LogP contribution in [0.5, 0.6) is 0 Å². The SMILES string of the molecule is C=CCCN1CC[C@@H]2CNC[C@@H]21. The smallest absolute Gasteiger partial charge is 0.0261 e. The zero-order chi connectivity index (χ0) is 8.39. The van der Waals surface area contributed by atoms with Crippen LogP contribution < -0.4 is 5.32 Å². The minimum absolute atomic E-state index is 0.838. The topological polar surface area (TPSA) is 15.3 Å². The largest absolute Gasteiger partial charge is 0.315 e. The second kappa shape index (κ2) is 3.58. The molecular weight excluding hydrogens is 148 g/mol. The van der Waals surface area contributed by atoms with Crippen molar-refractivity contribution in [1.29, 1.82) is 0 Å². The van der Waals surface area contributed by atoms with E-state index in [1.807, 2.05) is 6.08 Å². The van der Waals surface area contributed by atoms with Crippen molar-refractivity contribution in [1.82, 2.24) is 10.2 Å². The number of nitrogens with one attached hydrogen (secondary N) is 1. The first-order valence-corrected chi connectivity index (χ1v) is 4.97. The number of rotatable bonds is 3. The first-order valence-electron chi connectivity index (χ1n) is 4.97. The summed E-state index contributed by atoms with van der Waals surface area (Å²) < 4.78 is 0. The molecule has 2 aliphatic rings. The highest BCUT2D eigenvalue weighted by molar-refractivity contribution is 4.94. The molecule has 0 aromatic rings. The third-order valence-corrected chi connectivity index (χ3v) is 3.18. The molecule has 0 amide bonds. The van der Waals surface area contributed by atoms with Crippen LogP contribution in [0.25, 0.3) is 0 Å². The molecule has 2 heterocycles. The predicted molar refractivity (Wildman–Crippen MR) is 51.2 cm³/mol. The average molecular weight is 166 g/mol. The first kappa shape index (κ1) is 8.27. The van der Waals surface area contributed by atoms with Crippen molar-refractivity contribution in [3.8, 4) is 0 Å². The first-order chi connectivity index (χ1) is 5.92. The lowest BCUT2D eigenvalue weighted by Crippen LogP contribution is -2.34. The number of fused-ring (bicyclic) bond motifs is 1. The maximum absolute atomic E-state index is 3.76. The zero-order valence-corrected chi connectivity index (χ0v) is 7.63. The normalized spacial score (nSPS) is 35.3. The van der Waals surface area contributed by atoms with Crippen molar-refractivity contribution in [2.45, 2.75) is 18.9 Å². The van der Waals surface area contributed by atoms with Gasteiger partial charge in [0.25, 0.3) is 0 Å². The predicted octanol–water partition coefficient (Wildman–Crippen LogP) is 0.856. The Bertz CT molecular complexity index is 167. The highest BCUT2D eigenvalue weighted by atomic mass is 15.2. The Balaban J connectivity index is 1.86. The lowest BCUT2D eigenvalue weighted by molar-refractivity contribution is 0.257. The Morgan fingerprint density at radius 3 is 3.25 bits per heavy atom. The van der Waals surface area contributed by atoms with Crippen LogP contribution in [-0.4, -0.2) is 37.1 Å². The second-order valence-corrected chi connectivity index (χ2v) is 3.89. The van der Waals surface area contributed by atoms with Gasteiger partial charge in [0.2, 0.25) is 0 Å².